The van der Waals surface area contributed by atoms with E-state index in [1.807, 2.05) is 24.3 Å². The molecule has 9 rings (SSSR count). The predicted molar refractivity (Wildman–Crippen MR) is 270 cm³/mol. The predicted octanol–water partition coefficient (Wildman–Crippen LogP) is 7.29. The van der Waals surface area contributed by atoms with Crippen molar-refractivity contribution in [2.45, 2.75) is 25.8 Å². The zero-order chi connectivity index (χ0) is 54.6. The molecule has 400 valence electrons. The number of rotatable bonds is 12. The summed E-state index contributed by atoms with van der Waals surface area (Å²) >= 11 is 0. The van der Waals surface area contributed by atoms with E-state index in [-0.39, 0.29) is 40.0 Å². The van der Waals surface area contributed by atoms with Gasteiger partial charge in [-0.05, 0) is 110 Å². The minimum absolute atomic E-state index is 0.0139. The van der Waals surface area contributed by atoms with Crippen molar-refractivity contribution >= 4 is 23.2 Å². The van der Waals surface area contributed by atoms with Crippen molar-refractivity contribution in [1.29, 1.82) is 0 Å². The summed E-state index contributed by atoms with van der Waals surface area (Å²) in [6, 6.07) is 31.5. The van der Waals surface area contributed by atoms with E-state index in [1.165, 1.54) is 42.1 Å². The Morgan fingerprint density at radius 2 is 1.08 bits per heavy atom. The molecule has 0 amide bonds. The Kier molecular flexibility index (Phi) is 17.8. The highest BCUT2D eigenvalue weighted by Gasteiger charge is 2.32. The van der Waals surface area contributed by atoms with Crippen molar-refractivity contribution in [1.82, 2.24) is 29.1 Å². The molecule has 4 aromatic carbocycles. The minimum Gasteiger partial charge on any atom is -0.478 e. The van der Waals surface area contributed by atoms with Gasteiger partial charge in [0.2, 0.25) is 5.82 Å². The number of carbonyl (C=O) groups is 1. The van der Waals surface area contributed by atoms with Crippen LogP contribution in [0.3, 0.4) is 0 Å². The van der Waals surface area contributed by atoms with E-state index < -0.39 is 24.4 Å². The molecule has 2 aliphatic heterocycles. The van der Waals surface area contributed by atoms with E-state index in [9.17, 15) is 40.7 Å². The van der Waals surface area contributed by atoms with Crippen LogP contribution in [0.4, 0.5) is 37.7 Å². The number of anilines is 2. The van der Waals surface area contributed by atoms with Gasteiger partial charge in [0, 0.05) is 105 Å². The number of hydrogen-bond donors (Lipinski definition) is 3. The molecule has 0 spiro atoms. The molecule has 2 fully saturated rings. The first-order chi connectivity index (χ1) is 36.2. The number of ether oxygens (including phenoxy) is 2. The number of alkyl halides is 6. The number of halogens is 6. The van der Waals surface area contributed by atoms with Crippen molar-refractivity contribution in [2.75, 3.05) is 76.3 Å². The number of nitrogens with zero attached hydrogens (tertiary/aromatic N) is 9. The van der Waals surface area contributed by atoms with Gasteiger partial charge in [-0.25, -0.2) is 4.79 Å². The van der Waals surface area contributed by atoms with Gasteiger partial charge in [0.1, 0.15) is 11.5 Å². The van der Waals surface area contributed by atoms with E-state index >= 15 is 0 Å². The van der Waals surface area contributed by atoms with Crippen LogP contribution in [0.2, 0.25) is 0 Å². The summed E-state index contributed by atoms with van der Waals surface area (Å²) in [6.07, 6.45) is -6.25. The molecule has 76 heavy (non-hydrogen) atoms. The largest absolute Gasteiger partial charge is 0.573 e. The Labute approximate surface area is 430 Å². The summed E-state index contributed by atoms with van der Waals surface area (Å²) < 4.78 is 88.0. The number of aromatic carboxylic acids is 1. The fourth-order valence-electron chi connectivity index (χ4n) is 7.93. The number of oxime groups is 1. The van der Waals surface area contributed by atoms with Gasteiger partial charge in [0.05, 0.1) is 18.7 Å². The molecule has 0 atom stereocenters. The maximum Gasteiger partial charge on any atom is 0.573 e. The molecule has 0 bridgehead atoms. The Balaban J connectivity index is 0.000000185. The number of amidine groups is 1. The second-order valence-corrected chi connectivity index (χ2v) is 17.5. The number of piperazine rings is 2. The molecule has 0 unspecified atom stereocenters. The van der Waals surface area contributed by atoms with Crippen LogP contribution in [-0.2, 0) is 13.1 Å². The summed E-state index contributed by atoms with van der Waals surface area (Å²) in [4.78, 5) is 48.7. The lowest BCUT2D eigenvalue weighted by molar-refractivity contribution is -0.275. The second-order valence-electron chi connectivity index (χ2n) is 17.5. The summed E-state index contributed by atoms with van der Waals surface area (Å²) in [7, 11) is 4.25. The monoisotopic (exact) mass is 1060 g/mol. The standard InChI is InChI=1S/C26H24F3N5O3.C18H23N5O2.C8H5F3O3/c1-32-11-13-33(14-12-32)21-4-2-3-18(15-21)16-34-17-20(7-10-23(34)35)24-30-25(37-31-24)19-5-8-22(9-6-19)36-26(27,28)29;1-21-7-9-22(10-8-21)16-4-2-3-14(11-16)12-23-13-15(18(19)20-25)5-6-17(23)24;9-8(10,11)14-6-3-1-5(2-4-6)7(12)13/h2-10,15,17H,11-14,16H2,1H3;2-6,11,13,25H,7-10,12H2,1H3,(H2,19,20);1-4H,(H,12,13). The van der Waals surface area contributed by atoms with Crippen LogP contribution in [0.5, 0.6) is 11.5 Å². The first-order valence-corrected chi connectivity index (χ1v) is 23.4. The summed E-state index contributed by atoms with van der Waals surface area (Å²) in [6.45, 7) is 8.82. The highest BCUT2D eigenvalue weighted by Crippen LogP contribution is 2.28. The summed E-state index contributed by atoms with van der Waals surface area (Å²) in [5.41, 5.74) is 11.1. The molecule has 5 heterocycles. The molecular weight excluding hydrogens is 1010 g/mol. The normalized spacial score (nSPS) is 14.5. The van der Waals surface area contributed by atoms with Crippen LogP contribution < -0.4 is 36.1 Å². The number of carboxylic acid groups (broad SMARTS) is 1. The smallest absolute Gasteiger partial charge is 0.478 e. The van der Waals surface area contributed by atoms with E-state index in [0.717, 1.165) is 93.4 Å². The van der Waals surface area contributed by atoms with E-state index in [0.29, 0.717) is 29.8 Å². The molecule has 4 N–H and O–H groups in total. The van der Waals surface area contributed by atoms with E-state index in [2.05, 4.69) is 82.7 Å². The van der Waals surface area contributed by atoms with Gasteiger partial charge >= 0.3 is 18.7 Å². The Morgan fingerprint density at radius 1 is 0.632 bits per heavy atom. The lowest BCUT2D eigenvalue weighted by Gasteiger charge is -2.34. The van der Waals surface area contributed by atoms with Crippen molar-refractivity contribution in [2.24, 2.45) is 10.9 Å². The molecular formula is C52H52F6N10O8. The van der Waals surface area contributed by atoms with Gasteiger partial charge in [0.15, 0.2) is 5.84 Å². The van der Waals surface area contributed by atoms with Gasteiger partial charge in [-0.2, -0.15) is 4.98 Å². The number of carboxylic acids is 1. The molecule has 7 aromatic rings. The Hall–Kier alpha value is -8.64. The number of nitrogens with two attached hydrogens (primary N) is 1. The molecule has 2 saturated heterocycles. The number of hydrogen-bond acceptors (Lipinski definition) is 14. The Morgan fingerprint density at radius 3 is 1.55 bits per heavy atom. The first-order valence-electron chi connectivity index (χ1n) is 23.4. The van der Waals surface area contributed by atoms with Crippen LogP contribution in [0, 0.1) is 0 Å². The minimum atomic E-state index is -4.77. The average molecular weight is 1060 g/mol. The molecule has 0 aliphatic carbocycles. The van der Waals surface area contributed by atoms with Crippen LogP contribution in [0.25, 0.3) is 22.8 Å². The summed E-state index contributed by atoms with van der Waals surface area (Å²) in [5.74, 6) is -1.62. The maximum atomic E-state index is 12.6. The molecule has 3 aromatic heterocycles. The number of likely N-dealkylation sites (N-methyl/N-ethyl adjacent to an activating group) is 2. The maximum absolute atomic E-state index is 12.6. The SMILES string of the molecule is CN1CCN(c2cccc(Cn3cc(-c4noc(-c5ccc(OC(F)(F)F)cc5)n4)ccc3=O)c2)CC1.CN1CCN(c2cccc(Cn3cc(/C(N)=N/O)ccc3=O)c2)CC1.O=C(O)c1ccc(OC(F)(F)F)cc1. The fraction of sp³-hybridized carbons (Fsp3) is 0.269. The highest BCUT2D eigenvalue weighted by molar-refractivity contribution is 5.96. The van der Waals surface area contributed by atoms with Gasteiger partial charge in [0.25, 0.3) is 17.0 Å². The van der Waals surface area contributed by atoms with E-state index in [4.69, 9.17) is 20.6 Å². The number of benzene rings is 4. The first kappa shape index (κ1) is 55.1. The van der Waals surface area contributed by atoms with Crippen LogP contribution in [0.15, 0.2) is 153 Å². The molecule has 0 radical (unpaired) electrons. The van der Waals surface area contributed by atoms with Crippen molar-refractivity contribution in [3.05, 3.63) is 177 Å². The number of aromatic nitrogens is 4. The topological polar surface area (TPSA) is 210 Å². The van der Waals surface area contributed by atoms with Crippen molar-refractivity contribution in [3.63, 3.8) is 0 Å². The highest BCUT2D eigenvalue weighted by atomic mass is 19.4. The third kappa shape index (κ3) is 15.9. The quantitative estimate of drug-likeness (QED) is 0.0361. The lowest BCUT2D eigenvalue weighted by atomic mass is 10.1. The second kappa shape index (κ2) is 24.6. The molecule has 18 nitrogen and oxygen atoms in total. The third-order valence-corrected chi connectivity index (χ3v) is 12.0. The zero-order valence-electron chi connectivity index (χ0n) is 41.0. The third-order valence-electron chi connectivity index (χ3n) is 12.0. The summed E-state index contributed by atoms with van der Waals surface area (Å²) in [5, 5.41) is 24.2. The van der Waals surface area contributed by atoms with Crippen LogP contribution in [-0.4, -0.2) is 130 Å². The van der Waals surface area contributed by atoms with Gasteiger partial charge in [-0.1, -0.05) is 34.6 Å². The van der Waals surface area contributed by atoms with E-state index in [1.54, 1.807) is 33.7 Å². The number of pyridine rings is 2. The zero-order valence-corrected chi connectivity index (χ0v) is 41.0. The molecule has 24 heteroatoms. The van der Waals surface area contributed by atoms with Crippen LogP contribution in [0.1, 0.15) is 27.0 Å². The van der Waals surface area contributed by atoms with Crippen LogP contribution >= 0.6 is 0 Å². The van der Waals surface area contributed by atoms with Crippen molar-refractivity contribution < 1.29 is 55.4 Å². The van der Waals surface area contributed by atoms with Gasteiger partial charge in [-0.15, -0.1) is 26.3 Å². The molecule has 2 aliphatic rings. The van der Waals surface area contributed by atoms with Gasteiger partial charge in [-0.3, -0.25) is 9.59 Å². The molecule has 0 saturated carbocycles. The van der Waals surface area contributed by atoms with Gasteiger partial charge < -0.3 is 58.8 Å². The lowest BCUT2D eigenvalue weighted by Crippen LogP contribution is -2.44. The fourth-order valence-corrected chi connectivity index (χ4v) is 7.93. The Bertz CT molecular complexity index is 3200. The van der Waals surface area contributed by atoms with Crippen molar-refractivity contribution in [3.8, 4) is 34.3 Å². The average Bonchev–Trinajstić information content (AvgIpc) is 3.89.